The zero-order valence-corrected chi connectivity index (χ0v) is 14.2. The molecule has 0 unspecified atom stereocenters. The van der Waals surface area contributed by atoms with Crippen molar-refractivity contribution in [3.05, 3.63) is 41.1 Å². The second-order valence-electron chi connectivity index (χ2n) is 5.54. The van der Waals surface area contributed by atoms with E-state index in [4.69, 9.17) is 11.6 Å². The Morgan fingerprint density at radius 2 is 2.12 bits per heavy atom. The predicted molar refractivity (Wildman–Crippen MR) is 86.2 cm³/mol. The van der Waals surface area contributed by atoms with Crippen LogP contribution in [0.5, 0.6) is 0 Å². The highest BCUT2D eigenvalue weighted by Gasteiger charge is 2.36. The molecule has 2 aromatic rings. The normalized spacial score (nSPS) is 14.6. The summed E-state index contributed by atoms with van der Waals surface area (Å²) < 4.78 is 39.3. The van der Waals surface area contributed by atoms with Crippen LogP contribution in [0, 0.1) is 5.82 Å². The molecule has 7 nitrogen and oxygen atoms in total. The van der Waals surface area contributed by atoms with Crippen molar-refractivity contribution in [1.29, 1.82) is 0 Å². The van der Waals surface area contributed by atoms with Crippen LogP contribution < -0.4 is 10.3 Å². The lowest BCUT2D eigenvalue weighted by Gasteiger charge is -2.10. The van der Waals surface area contributed by atoms with Crippen LogP contribution in [0.4, 0.5) is 4.39 Å². The van der Waals surface area contributed by atoms with E-state index in [1.807, 2.05) is 10.3 Å². The Labute approximate surface area is 142 Å². The molecule has 1 aromatic heterocycles. The first-order valence-electron chi connectivity index (χ1n) is 7.06. The van der Waals surface area contributed by atoms with Gasteiger partial charge in [0.15, 0.2) is 5.82 Å². The summed E-state index contributed by atoms with van der Waals surface area (Å²) in [6.45, 7) is 0. The highest BCUT2D eigenvalue weighted by molar-refractivity contribution is 7.90. The van der Waals surface area contributed by atoms with Gasteiger partial charge < -0.3 is 4.57 Å². The molecule has 128 valence electrons. The monoisotopic (exact) mass is 372 g/mol. The fourth-order valence-electron chi connectivity index (χ4n) is 2.11. The van der Waals surface area contributed by atoms with E-state index in [2.05, 4.69) is 4.98 Å². The molecule has 0 radical (unpaired) electrons. The maximum Gasteiger partial charge on any atom is 0.269 e. The summed E-state index contributed by atoms with van der Waals surface area (Å²) >= 11 is 5.84. The van der Waals surface area contributed by atoms with Crippen molar-refractivity contribution in [2.24, 2.45) is 7.05 Å². The third-order valence-electron chi connectivity index (χ3n) is 3.54. The van der Waals surface area contributed by atoms with Crippen LogP contribution in [0.1, 0.15) is 23.2 Å². The maximum absolute atomic E-state index is 14.1. The van der Waals surface area contributed by atoms with E-state index in [0.717, 1.165) is 0 Å². The maximum atomic E-state index is 14.1. The summed E-state index contributed by atoms with van der Waals surface area (Å²) in [5, 5.41) is -0.764. The van der Waals surface area contributed by atoms with Gasteiger partial charge in [-0.25, -0.2) is 17.8 Å². The van der Waals surface area contributed by atoms with Gasteiger partial charge in [0.1, 0.15) is 0 Å². The van der Waals surface area contributed by atoms with Gasteiger partial charge >= 0.3 is 0 Å². The van der Waals surface area contributed by atoms with E-state index in [0.29, 0.717) is 24.1 Å². The molecule has 1 heterocycles. The predicted octanol–water partition coefficient (Wildman–Crippen LogP) is 1.61. The number of sulfonamides is 1. The number of carbonyl (C=O) groups is 1. The van der Waals surface area contributed by atoms with Crippen LogP contribution in [-0.2, 0) is 17.1 Å². The SMILES string of the molecule is Cn1cnc(-c2cc(Cl)c(F)c(C(=O)NNS(=O)(=O)C3CC3)c2)c1. The summed E-state index contributed by atoms with van der Waals surface area (Å²) in [5.41, 5.74) is 2.59. The number of hydrogen-bond acceptors (Lipinski definition) is 4. The van der Waals surface area contributed by atoms with E-state index < -0.39 is 27.0 Å². The largest absolute Gasteiger partial charge is 0.340 e. The summed E-state index contributed by atoms with van der Waals surface area (Å²) in [5.74, 6) is -1.86. The average Bonchev–Trinajstić information content (AvgIpc) is 3.30. The molecule has 0 bridgehead atoms. The topological polar surface area (TPSA) is 93.1 Å². The van der Waals surface area contributed by atoms with Crippen molar-refractivity contribution in [2.45, 2.75) is 18.1 Å². The average molecular weight is 373 g/mol. The number of nitrogens with zero attached hydrogens (tertiary/aromatic N) is 2. The van der Waals surface area contributed by atoms with Gasteiger partial charge in [0.05, 0.1) is 27.9 Å². The molecule has 1 aliphatic carbocycles. The van der Waals surface area contributed by atoms with Gasteiger partial charge in [-0.3, -0.25) is 10.2 Å². The zero-order valence-electron chi connectivity index (χ0n) is 12.6. The van der Waals surface area contributed by atoms with Gasteiger partial charge in [-0.15, -0.1) is 4.83 Å². The number of hydrazine groups is 1. The Morgan fingerprint density at radius 1 is 1.42 bits per heavy atom. The molecule has 1 fully saturated rings. The van der Waals surface area contributed by atoms with Gasteiger partial charge in [0, 0.05) is 18.8 Å². The number of hydrogen-bond donors (Lipinski definition) is 2. The van der Waals surface area contributed by atoms with Crippen molar-refractivity contribution in [3.63, 3.8) is 0 Å². The number of imidazole rings is 1. The van der Waals surface area contributed by atoms with Crippen molar-refractivity contribution in [3.8, 4) is 11.3 Å². The molecule has 0 saturated heterocycles. The van der Waals surface area contributed by atoms with Crippen molar-refractivity contribution in [2.75, 3.05) is 0 Å². The summed E-state index contributed by atoms with van der Waals surface area (Å²) in [4.78, 5) is 18.2. The molecule has 0 aliphatic heterocycles. The molecular weight excluding hydrogens is 359 g/mol. The Hall–Kier alpha value is -1.97. The van der Waals surface area contributed by atoms with E-state index >= 15 is 0 Å². The van der Waals surface area contributed by atoms with Crippen LogP contribution in [0.3, 0.4) is 0 Å². The number of benzene rings is 1. The zero-order chi connectivity index (χ0) is 17.5. The lowest BCUT2D eigenvalue weighted by Crippen LogP contribution is -2.43. The van der Waals surface area contributed by atoms with Crippen molar-refractivity contribution in [1.82, 2.24) is 19.8 Å². The van der Waals surface area contributed by atoms with Gasteiger partial charge in [-0.05, 0) is 25.0 Å². The smallest absolute Gasteiger partial charge is 0.269 e. The fraction of sp³-hybridized carbons (Fsp3) is 0.286. The highest BCUT2D eigenvalue weighted by atomic mass is 35.5. The second-order valence-corrected chi connectivity index (χ2v) is 7.91. The number of amides is 1. The minimum Gasteiger partial charge on any atom is -0.340 e. The minimum atomic E-state index is -3.63. The molecule has 1 aromatic carbocycles. The minimum absolute atomic E-state index is 0.256. The van der Waals surface area contributed by atoms with Crippen molar-refractivity contribution >= 4 is 27.5 Å². The van der Waals surface area contributed by atoms with E-state index in [9.17, 15) is 17.6 Å². The molecule has 0 spiro atoms. The quantitative estimate of drug-likeness (QED) is 0.780. The van der Waals surface area contributed by atoms with Gasteiger partial charge in [0.2, 0.25) is 10.0 Å². The Morgan fingerprint density at radius 3 is 2.71 bits per heavy atom. The molecule has 1 amide bonds. The Balaban J connectivity index is 1.86. The number of aromatic nitrogens is 2. The number of halogens is 2. The van der Waals surface area contributed by atoms with Crippen LogP contribution in [0.25, 0.3) is 11.3 Å². The van der Waals surface area contributed by atoms with Gasteiger partial charge in [0.25, 0.3) is 5.91 Å². The summed E-state index contributed by atoms with van der Waals surface area (Å²) in [7, 11) is -1.86. The first-order valence-corrected chi connectivity index (χ1v) is 8.98. The third-order valence-corrected chi connectivity index (χ3v) is 5.55. The molecule has 1 aliphatic rings. The lowest BCUT2D eigenvalue weighted by atomic mass is 10.1. The fourth-order valence-corrected chi connectivity index (χ4v) is 3.49. The molecule has 10 heteroatoms. The first kappa shape index (κ1) is 16.9. The number of rotatable bonds is 5. The molecule has 0 atom stereocenters. The van der Waals surface area contributed by atoms with Crippen molar-refractivity contribution < 1.29 is 17.6 Å². The summed E-state index contributed by atoms with van der Waals surface area (Å²) in [6.07, 6.45) is 4.32. The molecule has 1 saturated carbocycles. The second kappa shape index (κ2) is 6.15. The van der Waals surface area contributed by atoms with Crippen LogP contribution in [-0.4, -0.2) is 29.1 Å². The van der Waals surface area contributed by atoms with Gasteiger partial charge in [-0.1, -0.05) is 11.6 Å². The third kappa shape index (κ3) is 3.42. The first-order chi connectivity index (χ1) is 11.3. The molecule has 24 heavy (non-hydrogen) atoms. The molecule has 3 rings (SSSR count). The van der Waals surface area contributed by atoms with Crippen LogP contribution >= 0.6 is 11.6 Å². The standard InChI is InChI=1S/C14H14ClFN4O3S/c1-20-6-12(17-7-20)8-4-10(13(16)11(15)5-8)14(21)18-19-24(22,23)9-2-3-9/h4-7,9,19H,2-3H2,1H3,(H,18,21). The van der Waals surface area contributed by atoms with Crippen LogP contribution in [0.15, 0.2) is 24.7 Å². The van der Waals surface area contributed by atoms with E-state index in [1.165, 1.54) is 12.1 Å². The number of aryl methyl sites for hydroxylation is 1. The Bertz CT molecular complexity index is 909. The number of carbonyl (C=O) groups excluding carboxylic acids is 1. The lowest BCUT2D eigenvalue weighted by molar-refractivity contribution is 0.0941. The number of nitrogens with one attached hydrogen (secondary N) is 2. The van der Waals surface area contributed by atoms with Gasteiger partial charge in [-0.2, -0.15) is 0 Å². The highest BCUT2D eigenvalue weighted by Crippen LogP contribution is 2.28. The van der Waals surface area contributed by atoms with E-state index in [1.54, 1.807) is 24.1 Å². The molecular formula is C14H14ClFN4O3S. The Kier molecular flexibility index (Phi) is 4.33. The van der Waals surface area contributed by atoms with E-state index in [-0.39, 0.29) is 10.6 Å². The summed E-state index contributed by atoms with van der Waals surface area (Å²) in [6, 6.07) is 2.62. The molecule has 2 N–H and O–H groups in total. The van der Waals surface area contributed by atoms with Crippen LogP contribution in [0.2, 0.25) is 5.02 Å².